The molecule has 1 heterocycles. The van der Waals surface area contributed by atoms with Gasteiger partial charge in [0.05, 0.1) is 5.56 Å². The highest BCUT2D eigenvalue weighted by Crippen LogP contribution is 2.39. The van der Waals surface area contributed by atoms with Crippen molar-refractivity contribution in [3.63, 3.8) is 0 Å². The Morgan fingerprint density at radius 3 is 2.29 bits per heavy atom. The summed E-state index contributed by atoms with van der Waals surface area (Å²) in [5.41, 5.74) is 0.520. The van der Waals surface area contributed by atoms with Crippen LogP contribution in [0.25, 0.3) is 0 Å². The van der Waals surface area contributed by atoms with Crippen molar-refractivity contribution in [3.8, 4) is 5.75 Å². The number of esters is 1. The van der Waals surface area contributed by atoms with Gasteiger partial charge in [-0.1, -0.05) is 42.5 Å². The van der Waals surface area contributed by atoms with Gasteiger partial charge in [-0.05, 0) is 38.5 Å². The van der Waals surface area contributed by atoms with Gasteiger partial charge in [-0.3, -0.25) is 9.59 Å². The lowest BCUT2D eigenvalue weighted by molar-refractivity contribution is -0.161. The minimum atomic E-state index is -1.01. The molecular formula is C20H20O4. The van der Waals surface area contributed by atoms with E-state index in [0.29, 0.717) is 11.3 Å². The summed E-state index contributed by atoms with van der Waals surface area (Å²) >= 11 is 0. The van der Waals surface area contributed by atoms with Gasteiger partial charge in [0.1, 0.15) is 17.5 Å². The summed E-state index contributed by atoms with van der Waals surface area (Å²) < 4.78 is 11.5. The molecule has 0 fully saturated rings. The second-order valence-electron chi connectivity index (χ2n) is 6.82. The first-order chi connectivity index (χ1) is 11.4. The summed E-state index contributed by atoms with van der Waals surface area (Å²) in [6, 6.07) is 16.3. The Bertz CT molecular complexity index is 759. The molecule has 1 aliphatic heterocycles. The van der Waals surface area contributed by atoms with Crippen molar-refractivity contribution in [2.24, 2.45) is 5.92 Å². The summed E-state index contributed by atoms with van der Waals surface area (Å²) in [5.74, 6) is -1.34. The number of para-hydroxylation sites is 1. The zero-order valence-electron chi connectivity index (χ0n) is 14.0. The van der Waals surface area contributed by atoms with Crippen molar-refractivity contribution >= 4 is 11.8 Å². The van der Waals surface area contributed by atoms with Gasteiger partial charge >= 0.3 is 5.97 Å². The van der Waals surface area contributed by atoms with Crippen LogP contribution in [0.5, 0.6) is 5.75 Å². The van der Waals surface area contributed by atoms with Gasteiger partial charge in [0.2, 0.25) is 0 Å². The van der Waals surface area contributed by atoms with Gasteiger partial charge in [-0.25, -0.2) is 0 Å². The zero-order chi connectivity index (χ0) is 17.3. The van der Waals surface area contributed by atoms with Gasteiger partial charge in [-0.15, -0.1) is 0 Å². The monoisotopic (exact) mass is 324 g/mol. The fourth-order valence-electron chi connectivity index (χ4n) is 2.78. The topological polar surface area (TPSA) is 52.6 Å². The molecule has 0 aliphatic carbocycles. The van der Waals surface area contributed by atoms with E-state index in [1.165, 1.54) is 0 Å². The van der Waals surface area contributed by atoms with Crippen LogP contribution in [-0.2, 0) is 9.53 Å². The van der Waals surface area contributed by atoms with Crippen molar-refractivity contribution < 1.29 is 19.1 Å². The molecule has 0 amide bonds. The van der Waals surface area contributed by atoms with Crippen molar-refractivity contribution in [3.05, 3.63) is 65.7 Å². The largest absolute Gasteiger partial charge is 0.484 e. The number of hydrogen-bond donors (Lipinski definition) is 0. The molecule has 2 unspecified atom stereocenters. The average molecular weight is 324 g/mol. The predicted octanol–water partition coefficient (Wildman–Crippen LogP) is 3.96. The molecule has 3 rings (SSSR count). The van der Waals surface area contributed by atoms with Crippen LogP contribution < -0.4 is 4.74 Å². The fourth-order valence-corrected chi connectivity index (χ4v) is 2.78. The number of benzene rings is 2. The summed E-state index contributed by atoms with van der Waals surface area (Å²) in [6.07, 6.45) is -0.691. The number of ketones is 1. The molecule has 0 bridgehead atoms. The molecule has 0 saturated carbocycles. The molecule has 2 aromatic carbocycles. The lowest BCUT2D eigenvalue weighted by Crippen LogP contribution is -2.40. The molecule has 0 saturated heterocycles. The van der Waals surface area contributed by atoms with E-state index in [1.54, 1.807) is 39.0 Å². The summed E-state index contributed by atoms with van der Waals surface area (Å²) in [7, 11) is 0. The van der Waals surface area contributed by atoms with E-state index in [2.05, 4.69) is 0 Å². The Morgan fingerprint density at radius 2 is 1.62 bits per heavy atom. The molecule has 2 atom stereocenters. The van der Waals surface area contributed by atoms with Crippen molar-refractivity contribution in [2.75, 3.05) is 0 Å². The van der Waals surface area contributed by atoms with E-state index in [1.807, 2.05) is 36.4 Å². The Morgan fingerprint density at radius 1 is 1.00 bits per heavy atom. The summed E-state index contributed by atoms with van der Waals surface area (Å²) in [6.45, 7) is 5.35. The van der Waals surface area contributed by atoms with E-state index < -0.39 is 23.6 Å². The van der Waals surface area contributed by atoms with Crippen LogP contribution in [0, 0.1) is 5.92 Å². The van der Waals surface area contributed by atoms with Crippen molar-refractivity contribution in [2.45, 2.75) is 32.5 Å². The van der Waals surface area contributed by atoms with Crippen LogP contribution in [0.3, 0.4) is 0 Å². The lowest BCUT2D eigenvalue weighted by Gasteiger charge is -2.33. The Balaban J connectivity index is 2.04. The van der Waals surface area contributed by atoms with Crippen LogP contribution in [0.4, 0.5) is 0 Å². The smallest absolute Gasteiger partial charge is 0.321 e. The van der Waals surface area contributed by atoms with Crippen molar-refractivity contribution in [1.82, 2.24) is 0 Å². The maximum atomic E-state index is 12.9. The van der Waals surface area contributed by atoms with Crippen molar-refractivity contribution in [1.29, 1.82) is 0 Å². The van der Waals surface area contributed by atoms with Crippen LogP contribution in [0.15, 0.2) is 54.6 Å². The quantitative estimate of drug-likeness (QED) is 0.620. The lowest BCUT2D eigenvalue weighted by atomic mass is 9.85. The highest BCUT2D eigenvalue weighted by atomic mass is 16.6. The number of carbonyl (C=O) groups is 2. The molecule has 0 aromatic heterocycles. The number of carbonyl (C=O) groups excluding carboxylic acids is 2. The van der Waals surface area contributed by atoms with Crippen LogP contribution in [0.1, 0.15) is 42.8 Å². The molecule has 24 heavy (non-hydrogen) atoms. The normalized spacial score (nSPS) is 20.0. The van der Waals surface area contributed by atoms with E-state index >= 15 is 0 Å². The summed E-state index contributed by atoms with van der Waals surface area (Å²) in [5, 5.41) is 0. The molecule has 0 spiro atoms. The minimum Gasteiger partial charge on any atom is -0.484 e. The SMILES string of the molecule is CC(C)(C)OC(=O)C1C(=O)c2ccccc2OC1c1ccccc1. The standard InChI is InChI=1S/C20H20O4/c1-20(2,3)24-19(22)16-17(21)14-11-7-8-12-15(14)23-18(16)13-9-5-4-6-10-13/h4-12,16,18H,1-3H3. The Hall–Kier alpha value is -2.62. The van der Waals surface area contributed by atoms with Gasteiger partial charge in [0.15, 0.2) is 11.7 Å². The maximum absolute atomic E-state index is 12.9. The molecular weight excluding hydrogens is 304 g/mol. The molecule has 4 nitrogen and oxygen atoms in total. The molecule has 1 aliphatic rings. The molecule has 4 heteroatoms. The Labute approximate surface area is 141 Å². The summed E-state index contributed by atoms with van der Waals surface area (Å²) in [4.78, 5) is 25.6. The van der Waals surface area contributed by atoms with E-state index in [0.717, 1.165) is 5.56 Å². The first-order valence-corrected chi connectivity index (χ1v) is 7.94. The number of hydrogen-bond acceptors (Lipinski definition) is 4. The average Bonchev–Trinajstić information content (AvgIpc) is 2.54. The highest BCUT2D eigenvalue weighted by Gasteiger charge is 2.44. The number of fused-ring (bicyclic) bond motifs is 1. The Kier molecular flexibility index (Phi) is 4.14. The third-order valence-corrected chi connectivity index (χ3v) is 3.78. The number of ether oxygens (including phenoxy) is 2. The zero-order valence-corrected chi connectivity index (χ0v) is 14.0. The predicted molar refractivity (Wildman–Crippen MR) is 89.9 cm³/mol. The highest BCUT2D eigenvalue weighted by molar-refractivity contribution is 6.11. The molecule has 0 radical (unpaired) electrons. The van der Waals surface area contributed by atoms with Gasteiger partial charge in [0.25, 0.3) is 0 Å². The van der Waals surface area contributed by atoms with E-state index in [-0.39, 0.29) is 5.78 Å². The second kappa shape index (κ2) is 6.11. The van der Waals surface area contributed by atoms with Gasteiger partial charge < -0.3 is 9.47 Å². The molecule has 2 aromatic rings. The van der Waals surface area contributed by atoms with Gasteiger partial charge in [0, 0.05) is 0 Å². The maximum Gasteiger partial charge on any atom is 0.321 e. The van der Waals surface area contributed by atoms with E-state index in [9.17, 15) is 9.59 Å². The second-order valence-corrected chi connectivity index (χ2v) is 6.82. The van der Waals surface area contributed by atoms with Crippen LogP contribution in [0.2, 0.25) is 0 Å². The van der Waals surface area contributed by atoms with Gasteiger partial charge in [-0.2, -0.15) is 0 Å². The van der Waals surface area contributed by atoms with E-state index in [4.69, 9.17) is 9.47 Å². The first-order valence-electron chi connectivity index (χ1n) is 7.94. The molecule has 0 N–H and O–H groups in total. The number of rotatable bonds is 2. The third-order valence-electron chi connectivity index (χ3n) is 3.78. The molecule has 124 valence electrons. The number of Topliss-reactive ketones (excluding diaryl/α,β-unsaturated/α-hetero) is 1. The van der Waals surface area contributed by atoms with Crippen LogP contribution >= 0.6 is 0 Å². The fraction of sp³-hybridized carbons (Fsp3) is 0.300. The first kappa shape index (κ1) is 16.2. The third kappa shape index (κ3) is 3.18. The van der Waals surface area contributed by atoms with Crippen LogP contribution in [-0.4, -0.2) is 17.4 Å². The minimum absolute atomic E-state index is 0.264.